The molecule has 0 heterocycles. The average molecular weight is 198 g/mol. The maximum atomic E-state index is 12.7. The van der Waals surface area contributed by atoms with Gasteiger partial charge in [-0.3, -0.25) is 0 Å². The largest absolute Gasteiger partial charge is 0.482 e. The van der Waals surface area contributed by atoms with Crippen molar-refractivity contribution in [3.05, 3.63) is 29.6 Å². The van der Waals surface area contributed by atoms with E-state index in [4.69, 9.17) is 4.74 Å². The summed E-state index contributed by atoms with van der Waals surface area (Å²) in [6, 6.07) is 4.10. The van der Waals surface area contributed by atoms with Crippen LogP contribution in [0.1, 0.15) is 5.56 Å². The van der Waals surface area contributed by atoms with E-state index in [1.54, 1.807) is 6.92 Å². The van der Waals surface area contributed by atoms with E-state index in [1.165, 1.54) is 25.3 Å². The second-order valence-corrected chi connectivity index (χ2v) is 2.77. The van der Waals surface area contributed by atoms with Gasteiger partial charge in [0, 0.05) is 0 Å². The second-order valence-electron chi connectivity index (χ2n) is 2.77. The van der Waals surface area contributed by atoms with Crippen LogP contribution >= 0.6 is 0 Å². The molecule has 0 amide bonds. The minimum atomic E-state index is -0.464. The fourth-order valence-corrected chi connectivity index (χ4v) is 0.970. The third kappa shape index (κ3) is 2.73. The van der Waals surface area contributed by atoms with Crippen molar-refractivity contribution in [1.29, 1.82) is 0 Å². The van der Waals surface area contributed by atoms with E-state index in [0.29, 0.717) is 11.3 Å². The number of carbonyl (C=O) groups is 1. The van der Waals surface area contributed by atoms with E-state index >= 15 is 0 Å². The Kier molecular flexibility index (Phi) is 3.45. The number of hydrogen-bond donors (Lipinski definition) is 0. The molecule has 14 heavy (non-hydrogen) atoms. The Labute approximate surface area is 81.4 Å². The van der Waals surface area contributed by atoms with Crippen LogP contribution in [-0.4, -0.2) is 19.7 Å². The van der Waals surface area contributed by atoms with Crippen molar-refractivity contribution in [2.45, 2.75) is 6.92 Å². The molecule has 0 N–H and O–H groups in total. The predicted octanol–water partition coefficient (Wildman–Crippen LogP) is 1.69. The molecule has 3 nitrogen and oxygen atoms in total. The van der Waals surface area contributed by atoms with Crippen molar-refractivity contribution >= 4 is 5.97 Å². The highest BCUT2D eigenvalue weighted by atomic mass is 19.1. The van der Waals surface area contributed by atoms with Gasteiger partial charge in [-0.25, -0.2) is 9.18 Å². The lowest BCUT2D eigenvalue weighted by molar-refractivity contribution is -0.142. The van der Waals surface area contributed by atoms with E-state index in [-0.39, 0.29) is 12.4 Å². The van der Waals surface area contributed by atoms with Gasteiger partial charge in [0.25, 0.3) is 0 Å². The summed E-state index contributed by atoms with van der Waals surface area (Å²) in [7, 11) is 1.28. The molecule has 76 valence electrons. The fourth-order valence-electron chi connectivity index (χ4n) is 0.970. The molecule has 0 saturated heterocycles. The van der Waals surface area contributed by atoms with Gasteiger partial charge in [0.15, 0.2) is 6.61 Å². The molecule has 0 aliphatic carbocycles. The maximum Gasteiger partial charge on any atom is 0.343 e. The zero-order chi connectivity index (χ0) is 10.6. The van der Waals surface area contributed by atoms with Gasteiger partial charge < -0.3 is 9.47 Å². The Balaban J connectivity index is 2.63. The van der Waals surface area contributed by atoms with Crippen LogP contribution in [0, 0.1) is 12.7 Å². The molecule has 0 aromatic heterocycles. The smallest absolute Gasteiger partial charge is 0.343 e. The highest BCUT2D eigenvalue weighted by Crippen LogP contribution is 2.18. The van der Waals surface area contributed by atoms with Gasteiger partial charge in [0.05, 0.1) is 7.11 Å². The lowest BCUT2D eigenvalue weighted by Crippen LogP contribution is -2.13. The molecule has 1 aromatic carbocycles. The summed E-state index contributed by atoms with van der Waals surface area (Å²) in [5, 5.41) is 0. The normalized spacial score (nSPS) is 9.64. The van der Waals surface area contributed by atoms with Gasteiger partial charge in [-0.05, 0) is 30.7 Å². The van der Waals surface area contributed by atoms with Gasteiger partial charge in [0.1, 0.15) is 11.6 Å². The standard InChI is InChI=1S/C10H11FO3/c1-7-5-8(11)3-4-9(7)14-6-10(12)13-2/h3-5H,6H2,1-2H3. The summed E-state index contributed by atoms with van der Waals surface area (Å²) < 4.78 is 22.2. The number of halogens is 1. The number of esters is 1. The molecule has 0 atom stereocenters. The van der Waals surface area contributed by atoms with Gasteiger partial charge in [-0.2, -0.15) is 0 Å². The number of methoxy groups -OCH3 is 1. The number of ether oxygens (including phenoxy) is 2. The van der Waals surface area contributed by atoms with Crippen molar-refractivity contribution in [2.75, 3.05) is 13.7 Å². The van der Waals surface area contributed by atoms with Gasteiger partial charge in [-0.1, -0.05) is 0 Å². The third-order valence-electron chi connectivity index (χ3n) is 1.71. The monoisotopic (exact) mass is 198 g/mol. The summed E-state index contributed by atoms with van der Waals surface area (Å²) in [5.74, 6) is -0.307. The van der Waals surface area contributed by atoms with Gasteiger partial charge >= 0.3 is 5.97 Å². The van der Waals surface area contributed by atoms with Crippen LogP contribution in [0.3, 0.4) is 0 Å². The minimum Gasteiger partial charge on any atom is -0.482 e. The van der Waals surface area contributed by atoms with Crippen LogP contribution in [0.4, 0.5) is 4.39 Å². The molecule has 0 radical (unpaired) electrons. The van der Waals surface area contributed by atoms with E-state index in [9.17, 15) is 9.18 Å². The summed E-state index contributed by atoms with van der Waals surface area (Å²) in [4.78, 5) is 10.7. The lowest BCUT2D eigenvalue weighted by atomic mass is 10.2. The van der Waals surface area contributed by atoms with Crippen molar-refractivity contribution in [2.24, 2.45) is 0 Å². The molecule has 0 aliphatic rings. The number of carbonyl (C=O) groups excluding carboxylic acids is 1. The summed E-state index contributed by atoms with van der Waals surface area (Å²) in [6.07, 6.45) is 0. The van der Waals surface area contributed by atoms with Crippen LogP contribution in [0.15, 0.2) is 18.2 Å². The highest BCUT2D eigenvalue weighted by Gasteiger charge is 2.04. The van der Waals surface area contributed by atoms with Crippen LogP contribution < -0.4 is 4.74 Å². The van der Waals surface area contributed by atoms with Crippen LogP contribution in [0.5, 0.6) is 5.75 Å². The first-order valence-corrected chi connectivity index (χ1v) is 4.09. The molecule has 0 spiro atoms. The number of benzene rings is 1. The topological polar surface area (TPSA) is 35.5 Å². The lowest BCUT2D eigenvalue weighted by Gasteiger charge is -2.07. The van der Waals surface area contributed by atoms with Crippen LogP contribution in [0.25, 0.3) is 0 Å². The zero-order valence-electron chi connectivity index (χ0n) is 8.04. The van der Waals surface area contributed by atoms with Crippen LogP contribution in [-0.2, 0) is 9.53 Å². The first kappa shape index (κ1) is 10.5. The van der Waals surface area contributed by atoms with Gasteiger partial charge in [-0.15, -0.1) is 0 Å². The molecular weight excluding hydrogens is 187 g/mol. The molecule has 1 aromatic rings. The quantitative estimate of drug-likeness (QED) is 0.693. The minimum absolute atomic E-state index is 0.164. The van der Waals surface area contributed by atoms with Crippen molar-refractivity contribution in [3.63, 3.8) is 0 Å². The Bertz CT molecular complexity index is 336. The predicted molar refractivity (Wildman–Crippen MR) is 48.6 cm³/mol. The molecule has 0 saturated carbocycles. The van der Waals surface area contributed by atoms with E-state index in [2.05, 4.69) is 4.74 Å². The Hall–Kier alpha value is -1.58. The summed E-state index contributed by atoms with van der Waals surface area (Å²) in [5.41, 5.74) is 0.647. The number of rotatable bonds is 3. The summed E-state index contributed by atoms with van der Waals surface area (Å²) in [6.45, 7) is 1.54. The van der Waals surface area contributed by atoms with E-state index in [1.807, 2.05) is 0 Å². The van der Waals surface area contributed by atoms with E-state index < -0.39 is 5.97 Å². The fraction of sp³-hybridized carbons (Fsp3) is 0.300. The zero-order valence-corrected chi connectivity index (χ0v) is 8.04. The molecule has 4 heteroatoms. The molecule has 0 unspecified atom stereocenters. The maximum absolute atomic E-state index is 12.7. The molecule has 0 fully saturated rings. The SMILES string of the molecule is COC(=O)COc1ccc(F)cc1C. The van der Waals surface area contributed by atoms with Crippen molar-refractivity contribution in [1.82, 2.24) is 0 Å². The first-order chi connectivity index (χ1) is 6.63. The van der Waals surface area contributed by atoms with Crippen molar-refractivity contribution < 1.29 is 18.7 Å². The Morgan fingerprint density at radius 1 is 1.50 bits per heavy atom. The molecule has 0 aliphatic heterocycles. The Morgan fingerprint density at radius 2 is 2.21 bits per heavy atom. The Morgan fingerprint density at radius 3 is 2.79 bits per heavy atom. The van der Waals surface area contributed by atoms with Crippen molar-refractivity contribution in [3.8, 4) is 5.75 Å². The van der Waals surface area contributed by atoms with E-state index in [0.717, 1.165) is 0 Å². The summed E-state index contributed by atoms with van der Waals surface area (Å²) >= 11 is 0. The average Bonchev–Trinajstić information content (AvgIpc) is 2.16. The highest BCUT2D eigenvalue weighted by molar-refractivity contribution is 5.70. The van der Waals surface area contributed by atoms with Gasteiger partial charge in [0.2, 0.25) is 0 Å². The molecular formula is C10H11FO3. The third-order valence-corrected chi connectivity index (χ3v) is 1.71. The molecule has 0 bridgehead atoms. The second kappa shape index (κ2) is 4.60. The first-order valence-electron chi connectivity index (χ1n) is 4.09. The van der Waals surface area contributed by atoms with Crippen LogP contribution in [0.2, 0.25) is 0 Å². The number of aryl methyl sites for hydroxylation is 1. The number of hydrogen-bond acceptors (Lipinski definition) is 3. The molecule has 1 rings (SSSR count).